The molecular formula is C17H26N2O2. The van der Waals surface area contributed by atoms with Gasteiger partial charge in [-0.3, -0.25) is 14.5 Å². The van der Waals surface area contributed by atoms with Crippen LogP contribution in [0, 0.1) is 5.92 Å². The van der Waals surface area contributed by atoms with Crippen LogP contribution in [0.5, 0.6) is 0 Å². The predicted octanol–water partition coefficient (Wildman–Crippen LogP) is 3.30. The molecule has 0 fully saturated rings. The molecule has 4 nitrogen and oxygen atoms in total. The van der Waals surface area contributed by atoms with Crippen LogP contribution in [0.1, 0.15) is 39.0 Å². The van der Waals surface area contributed by atoms with Crippen molar-refractivity contribution in [1.29, 1.82) is 0 Å². The summed E-state index contributed by atoms with van der Waals surface area (Å²) < 4.78 is 0. The zero-order valence-corrected chi connectivity index (χ0v) is 12.8. The predicted molar refractivity (Wildman–Crippen MR) is 86.0 cm³/mol. The Hall–Kier alpha value is -1.84. The van der Waals surface area contributed by atoms with Gasteiger partial charge < -0.3 is 5.32 Å². The molecule has 4 heteroatoms. The zero-order valence-electron chi connectivity index (χ0n) is 12.8. The number of benzene rings is 1. The molecule has 0 saturated carbocycles. The van der Waals surface area contributed by atoms with Crippen molar-refractivity contribution in [1.82, 2.24) is 4.90 Å². The Labute approximate surface area is 127 Å². The van der Waals surface area contributed by atoms with Crippen molar-refractivity contribution in [3.8, 4) is 0 Å². The first kappa shape index (κ1) is 17.2. The van der Waals surface area contributed by atoms with Crippen LogP contribution in [0.2, 0.25) is 0 Å². The minimum Gasteiger partial charge on any atom is -0.385 e. The highest BCUT2D eigenvalue weighted by Gasteiger charge is 2.02. The molecule has 0 heterocycles. The van der Waals surface area contributed by atoms with Crippen LogP contribution in [0.15, 0.2) is 30.3 Å². The van der Waals surface area contributed by atoms with Crippen molar-refractivity contribution >= 4 is 18.5 Å². The third-order valence-corrected chi connectivity index (χ3v) is 3.56. The number of unbranched alkanes of at least 4 members (excludes halogenated alkanes) is 3. The van der Waals surface area contributed by atoms with Gasteiger partial charge in [-0.25, -0.2) is 0 Å². The summed E-state index contributed by atoms with van der Waals surface area (Å²) in [5.74, 6) is 0.645. The average molecular weight is 290 g/mol. The Morgan fingerprint density at radius 2 is 1.71 bits per heavy atom. The van der Waals surface area contributed by atoms with Crippen LogP contribution < -0.4 is 5.32 Å². The van der Waals surface area contributed by atoms with E-state index in [0.29, 0.717) is 25.3 Å². The van der Waals surface area contributed by atoms with Crippen molar-refractivity contribution in [2.24, 2.45) is 5.92 Å². The van der Waals surface area contributed by atoms with Gasteiger partial charge >= 0.3 is 0 Å². The molecule has 1 aromatic rings. The van der Waals surface area contributed by atoms with Crippen LogP contribution in [0.3, 0.4) is 0 Å². The quantitative estimate of drug-likeness (QED) is 0.474. The number of para-hydroxylation sites is 1. The van der Waals surface area contributed by atoms with Crippen LogP contribution in [0.4, 0.5) is 5.69 Å². The molecule has 0 aromatic heterocycles. The second kappa shape index (κ2) is 10.9. The molecule has 21 heavy (non-hydrogen) atoms. The van der Waals surface area contributed by atoms with Gasteiger partial charge in [0.15, 0.2) is 0 Å². The van der Waals surface area contributed by atoms with Crippen molar-refractivity contribution in [2.75, 3.05) is 18.4 Å². The maximum Gasteiger partial charge on any atom is 0.216 e. The fraction of sp³-hybridized carbons (Fsp3) is 0.529. The van der Waals surface area contributed by atoms with E-state index in [0.717, 1.165) is 30.7 Å². The van der Waals surface area contributed by atoms with E-state index in [2.05, 4.69) is 24.4 Å². The van der Waals surface area contributed by atoms with Crippen LogP contribution >= 0.6 is 0 Å². The summed E-state index contributed by atoms with van der Waals surface area (Å²) in [5.41, 5.74) is 1.17. The Morgan fingerprint density at radius 1 is 1.05 bits per heavy atom. The fourth-order valence-electron chi connectivity index (χ4n) is 2.22. The number of nitrogens with one attached hydrogen (secondary N) is 1. The lowest BCUT2D eigenvalue weighted by Crippen LogP contribution is -2.20. The highest BCUT2D eigenvalue weighted by molar-refractivity contribution is 5.68. The van der Waals surface area contributed by atoms with E-state index in [4.69, 9.17) is 0 Å². The second-order valence-corrected chi connectivity index (χ2v) is 5.50. The van der Waals surface area contributed by atoms with Crippen molar-refractivity contribution in [2.45, 2.75) is 39.0 Å². The number of hydrogen-bond acceptors (Lipinski definition) is 3. The van der Waals surface area contributed by atoms with Crippen LogP contribution in [0.25, 0.3) is 0 Å². The van der Waals surface area contributed by atoms with Gasteiger partial charge in [-0.1, -0.05) is 44.4 Å². The number of carbonyl (C=O) groups excluding carboxylic acids is 2. The summed E-state index contributed by atoms with van der Waals surface area (Å²) in [4.78, 5) is 22.0. The lowest BCUT2D eigenvalue weighted by molar-refractivity contribution is -0.129. The number of imide groups is 1. The normalized spacial score (nSPS) is 11.7. The smallest absolute Gasteiger partial charge is 0.216 e. The van der Waals surface area contributed by atoms with Gasteiger partial charge in [0.05, 0.1) is 0 Å². The van der Waals surface area contributed by atoms with Gasteiger partial charge in [-0.15, -0.1) is 0 Å². The fourth-order valence-corrected chi connectivity index (χ4v) is 2.22. The van der Waals surface area contributed by atoms with Crippen molar-refractivity contribution < 1.29 is 9.59 Å². The molecule has 0 aliphatic carbocycles. The molecule has 1 N–H and O–H groups in total. The molecule has 116 valence electrons. The second-order valence-electron chi connectivity index (χ2n) is 5.50. The number of amides is 2. The summed E-state index contributed by atoms with van der Waals surface area (Å²) in [5, 5.41) is 3.44. The topological polar surface area (TPSA) is 49.4 Å². The number of rotatable bonds is 12. The number of nitrogens with zero attached hydrogens (tertiary/aromatic N) is 1. The Morgan fingerprint density at radius 3 is 2.38 bits per heavy atom. The molecule has 1 aromatic carbocycles. The monoisotopic (exact) mass is 290 g/mol. The summed E-state index contributed by atoms with van der Waals surface area (Å²) >= 11 is 0. The van der Waals surface area contributed by atoms with E-state index in [1.807, 2.05) is 18.2 Å². The van der Waals surface area contributed by atoms with Crippen LogP contribution in [-0.4, -0.2) is 30.8 Å². The summed E-state index contributed by atoms with van der Waals surface area (Å²) in [6.45, 7) is 3.79. The molecule has 0 aliphatic rings. The van der Waals surface area contributed by atoms with E-state index in [1.165, 1.54) is 18.5 Å². The molecule has 1 unspecified atom stereocenters. The standard InChI is InChI=1S/C17H26N2O2/c1-16(13-18-17-10-6-4-7-11-17)9-5-2-3-8-12-19(14-20)15-21/h4,6-7,10-11,14-16,18H,2-3,5,8-9,12-13H2,1H3. The molecule has 2 amide bonds. The number of anilines is 1. The highest BCUT2D eigenvalue weighted by Crippen LogP contribution is 2.12. The zero-order chi connectivity index (χ0) is 15.3. The third-order valence-electron chi connectivity index (χ3n) is 3.56. The SMILES string of the molecule is CC(CCCCCCN(C=O)C=O)CNc1ccccc1. The molecule has 0 radical (unpaired) electrons. The number of carbonyl (C=O) groups is 2. The largest absolute Gasteiger partial charge is 0.385 e. The first-order chi connectivity index (χ1) is 10.3. The molecular weight excluding hydrogens is 264 g/mol. The lowest BCUT2D eigenvalue weighted by atomic mass is 10.0. The number of hydrogen-bond donors (Lipinski definition) is 1. The molecule has 0 aliphatic heterocycles. The van der Waals surface area contributed by atoms with E-state index in [-0.39, 0.29) is 0 Å². The Balaban J connectivity index is 1.99. The van der Waals surface area contributed by atoms with Gasteiger partial charge in [0, 0.05) is 18.8 Å². The minimum absolute atomic E-state index is 0.540. The summed E-state index contributed by atoms with van der Waals surface area (Å²) in [7, 11) is 0. The molecule has 0 spiro atoms. The van der Waals surface area contributed by atoms with Crippen molar-refractivity contribution in [3.05, 3.63) is 30.3 Å². The first-order valence-corrected chi connectivity index (χ1v) is 7.71. The minimum atomic E-state index is 0.540. The Kier molecular flexibility index (Phi) is 8.93. The highest BCUT2D eigenvalue weighted by atomic mass is 16.2. The maximum absolute atomic E-state index is 10.4. The molecule has 0 bridgehead atoms. The lowest BCUT2D eigenvalue weighted by Gasteiger charge is -2.13. The van der Waals surface area contributed by atoms with Crippen LogP contribution in [-0.2, 0) is 9.59 Å². The summed E-state index contributed by atoms with van der Waals surface area (Å²) in [6.07, 6.45) is 6.69. The van der Waals surface area contributed by atoms with E-state index >= 15 is 0 Å². The summed E-state index contributed by atoms with van der Waals surface area (Å²) in [6, 6.07) is 10.3. The van der Waals surface area contributed by atoms with Gasteiger partial charge in [-0.05, 0) is 30.9 Å². The van der Waals surface area contributed by atoms with Gasteiger partial charge in [0.25, 0.3) is 0 Å². The van der Waals surface area contributed by atoms with Gasteiger partial charge in [0.2, 0.25) is 12.8 Å². The van der Waals surface area contributed by atoms with Gasteiger partial charge in [0.1, 0.15) is 0 Å². The van der Waals surface area contributed by atoms with Gasteiger partial charge in [-0.2, -0.15) is 0 Å². The first-order valence-electron chi connectivity index (χ1n) is 7.71. The maximum atomic E-state index is 10.4. The van der Waals surface area contributed by atoms with E-state index < -0.39 is 0 Å². The third kappa shape index (κ3) is 8.12. The molecule has 1 rings (SSSR count). The molecule has 0 saturated heterocycles. The van der Waals surface area contributed by atoms with E-state index in [1.54, 1.807) is 0 Å². The molecule has 1 atom stereocenters. The Bertz CT molecular complexity index is 387. The van der Waals surface area contributed by atoms with E-state index in [9.17, 15) is 9.59 Å². The van der Waals surface area contributed by atoms with Crippen molar-refractivity contribution in [3.63, 3.8) is 0 Å². The average Bonchev–Trinajstić information content (AvgIpc) is 2.53.